The van der Waals surface area contributed by atoms with Crippen molar-refractivity contribution in [3.63, 3.8) is 0 Å². The van der Waals surface area contributed by atoms with Gasteiger partial charge in [0.25, 0.3) is 0 Å². The minimum Gasteiger partial charge on any atom is -0.357 e. The van der Waals surface area contributed by atoms with E-state index in [0.29, 0.717) is 13.0 Å². The third kappa shape index (κ3) is 11.9. The first-order valence-electron chi connectivity index (χ1n) is 9.43. The highest BCUT2D eigenvalue weighted by Crippen LogP contribution is 2.28. The fraction of sp³-hybridized carbons (Fsp3) is 0.889. The Labute approximate surface area is 165 Å². The van der Waals surface area contributed by atoms with Crippen LogP contribution in [0.1, 0.15) is 72.1 Å². The lowest BCUT2D eigenvalue weighted by Crippen LogP contribution is -2.40. The topological polar surface area (TPSA) is 65.5 Å². The molecule has 1 rings (SSSR count). The standard InChI is InChI=1S/C18H36N4O.HI/c1-4-19-18(21-14-12-17(23)22-15(2)3)20-13-8-7-11-16-9-5-6-10-16;/h15-16H,4-14H2,1-3H3,(H,22,23)(H2,19,20,21);1H. The van der Waals surface area contributed by atoms with Crippen molar-refractivity contribution in [2.24, 2.45) is 10.9 Å². The number of halogens is 1. The van der Waals surface area contributed by atoms with Gasteiger partial charge in [-0.15, -0.1) is 24.0 Å². The molecule has 6 heteroatoms. The number of carbonyl (C=O) groups excluding carboxylic acids is 1. The molecule has 0 aliphatic heterocycles. The van der Waals surface area contributed by atoms with Crippen molar-refractivity contribution in [1.82, 2.24) is 16.0 Å². The van der Waals surface area contributed by atoms with E-state index in [4.69, 9.17) is 0 Å². The number of amides is 1. The van der Waals surface area contributed by atoms with Gasteiger partial charge in [0.05, 0.1) is 0 Å². The highest BCUT2D eigenvalue weighted by atomic mass is 127. The minimum absolute atomic E-state index is 0. The maximum Gasteiger partial charge on any atom is 0.221 e. The maximum absolute atomic E-state index is 11.6. The van der Waals surface area contributed by atoms with Crippen molar-refractivity contribution in [3.8, 4) is 0 Å². The zero-order valence-electron chi connectivity index (χ0n) is 15.7. The predicted octanol–water partition coefficient (Wildman–Crippen LogP) is 3.43. The monoisotopic (exact) mass is 452 g/mol. The Morgan fingerprint density at radius 2 is 1.88 bits per heavy atom. The zero-order chi connectivity index (χ0) is 16.9. The molecule has 1 amide bonds. The fourth-order valence-electron chi connectivity index (χ4n) is 3.07. The molecule has 5 nitrogen and oxygen atoms in total. The zero-order valence-corrected chi connectivity index (χ0v) is 18.0. The molecule has 0 spiro atoms. The lowest BCUT2D eigenvalue weighted by Gasteiger charge is -2.12. The van der Waals surface area contributed by atoms with E-state index in [-0.39, 0.29) is 35.9 Å². The molecule has 1 saturated carbocycles. The van der Waals surface area contributed by atoms with Crippen LogP contribution in [0.25, 0.3) is 0 Å². The molecular weight excluding hydrogens is 415 g/mol. The lowest BCUT2D eigenvalue weighted by molar-refractivity contribution is -0.121. The van der Waals surface area contributed by atoms with Crippen molar-refractivity contribution in [2.45, 2.75) is 78.2 Å². The summed E-state index contributed by atoms with van der Waals surface area (Å²) in [5.74, 6) is 1.88. The molecule has 0 radical (unpaired) electrons. The van der Waals surface area contributed by atoms with Gasteiger partial charge in [-0.3, -0.25) is 9.79 Å². The molecule has 3 N–H and O–H groups in total. The van der Waals surface area contributed by atoms with Crippen LogP contribution in [0.3, 0.4) is 0 Å². The Morgan fingerprint density at radius 1 is 1.17 bits per heavy atom. The molecule has 0 bridgehead atoms. The van der Waals surface area contributed by atoms with Gasteiger partial charge in [-0.1, -0.05) is 38.5 Å². The second kappa shape index (κ2) is 14.8. The van der Waals surface area contributed by atoms with Gasteiger partial charge in [0, 0.05) is 32.1 Å². The van der Waals surface area contributed by atoms with Crippen LogP contribution in [0.5, 0.6) is 0 Å². The number of guanidine groups is 1. The first-order chi connectivity index (χ1) is 11.1. The van der Waals surface area contributed by atoms with Gasteiger partial charge in [0.2, 0.25) is 5.91 Å². The quantitative estimate of drug-likeness (QED) is 0.206. The third-order valence-electron chi connectivity index (χ3n) is 4.20. The number of carbonyl (C=O) groups is 1. The fourth-order valence-corrected chi connectivity index (χ4v) is 3.07. The molecule has 1 aliphatic rings. The predicted molar refractivity (Wildman–Crippen MR) is 113 cm³/mol. The van der Waals surface area contributed by atoms with Crippen molar-refractivity contribution in [3.05, 3.63) is 0 Å². The van der Waals surface area contributed by atoms with E-state index in [2.05, 4.69) is 27.9 Å². The summed E-state index contributed by atoms with van der Waals surface area (Å²) in [5, 5.41) is 9.37. The van der Waals surface area contributed by atoms with Gasteiger partial charge >= 0.3 is 0 Å². The normalized spacial score (nSPS) is 15.2. The highest BCUT2D eigenvalue weighted by molar-refractivity contribution is 14.0. The van der Waals surface area contributed by atoms with E-state index >= 15 is 0 Å². The van der Waals surface area contributed by atoms with Gasteiger partial charge in [0.15, 0.2) is 5.96 Å². The third-order valence-corrected chi connectivity index (χ3v) is 4.20. The van der Waals surface area contributed by atoms with E-state index in [1.54, 1.807) is 0 Å². The summed E-state index contributed by atoms with van der Waals surface area (Å²) in [4.78, 5) is 16.2. The SMILES string of the molecule is CCNC(=NCCCCC1CCCC1)NCCC(=O)NC(C)C.I. The van der Waals surface area contributed by atoms with Crippen molar-refractivity contribution < 1.29 is 4.79 Å². The summed E-state index contributed by atoms with van der Waals surface area (Å²) in [5.41, 5.74) is 0. The van der Waals surface area contributed by atoms with Crippen LogP contribution in [0.2, 0.25) is 0 Å². The molecule has 0 aromatic rings. The molecule has 142 valence electrons. The molecule has 0 heterocycles. The second-order valence-corrected chi connectivity index (χ2v) is 6.81. The maximum atomic E-state index is 11.6. The molecular formula is C18H37IN4O. The largest absolute Gasteiger partial charge is 0.357 e. The summed E-state index contributed by atoms with van der Waals surface area (Å²) in [6.07, 6.45) is 10.0. The Hall–Kier alpha value is -0.530. The van der Waals surface area contributed by atoms with Crippen LogP contribution in [0.4, 0.5) is 0 Å². The Kier molecular flexibility index (Phi) is 14.5. The van der Waals surface area contributed by atoms with Crippen LogP contribution in [0, 0.1) is 5.92 Å². The summed E-state index contributed by atoms with van der Waals surface area (Å²) < 4.78 is 0. The van der Waals surface area contributed by atoms with Gasteiger partial charge in [-0.05, 0) is 33.1 Å². The van der Waals surface area contributed by atoms with Gasteiger partial charge in [-0.25, -0.2) is 0 Å². The second-order valence-electron chi connectivity index (χ2n) is 6.81. The van der Waals surface area contributed by atoms with E-state index in [9.17, 15) is 4.79 Å². The van der Waals surface area contributed by atoms with E-state index in [1.807, 2.05) is 13.8 Å². The van der Waals surface area contributed by atoms with Crippen LogP contribution < -0.4 is 16.0 Å². The van der Waals surface area contributed by atoms with E-state index < -0.39 is 0 Å². The molecule has 0 saturated heterocycles. The average Bonchev–Trinajstić information content (AvgIpc) is 2.99. The van der Waals surface area contributed by atoms with Crippen LogP contribution in [-0.2, 0) is 4.79 Å². The summed E-state index contributed by atoms with van der Waals surface area (Å²) in [6, 6.07) is 0.198. The van der Waals surface area contributed by atoms with Crippen LogP contribution in [0.15, 0.2) is 4.99 Å². The van der Waals surface area contributed by atoms with Gasteiger partial charge in [-0.2, -0.15) is 0 Å². The smallest absolute Gasteiger partial charge is 0.221 e. The summed E-state index contributed by atoms with van der Waals surface area (Å²) in [6.45, 7) is 8.33. The molecule has 0 aromatic heterocycles. The van der Waals surface area contributed by atoms with Gasteiger partial charge < -0.3 is 16.0 Å². The van der Waals surface area contributed by atoms with E-state index in [0.717, 1.165) is 31.4 Å². The van der Waals surface area contributed by atoms with Crippen molar-refractivity contribution in [1.29, 1.82) is 0 Å². The van der Waals surface area contributed by atoms with Crippen LogP contribution in [-0.4, -0.2) is 37.5 Å². The van der Waals surface area contributed by atoms with Gasteiger partial charge in [0.1, 0.15) is 0 Å². The van der Waals surface area contributed by atoms with Crippen molar-refractivity contribution in [2.75, 3.05) is 19.6 Å². The average molecular weight is 452 g/mol. The number of unbranched alkanes of at least 4 members (excludes halogenated alkanes) is 1. The lowest BCUT2D eigenvalue weighted by atomic mass is 10.0. The number of hydrogen-bond donors (Lipinski definition) is 3. The molecule has 1 fully saturated rings. The van der Waals surface area contributed by atoms with Crippen LogP contribution >= 0.6 is 24.0 Å². The van der Waals surface area contributed by atoms with Crippen molar-refractivity contribution >= 4 is 35.8 Å². The minimum atomic E-state index is 0. The first-order valence-corrected chi connectivity index (χ1v) is 9.43. The molecule has 1 aliphatic carbocycles. The number of nitrogens with zero attached hydrogens (tertiary/aromatic N) is 1. The summed E-state index contributed by atoms with van der Waals surface area (Å²) in [7, 11) is 0. The van der Waals surface area contributed by atoms with E-state index in [1.165, 1.54) is 38.5 Å². The molecule has 24 heavy (non-hydrogen) atoms. The first kappa shape index (κ1) is 23.5. The molecule has 0 aromatic carbocycles. The Morgan fingerprint density at radius 3 is 2.50 bits per heavy atom. The number of hydrogen-bond acceptors (Lipinski definition) is 2. The molecule has 0 atom stereocenters. The number of rotatable bonds is 10. The highest BCUT2D eigenvalue weighted by Gasteiger charge is 2.13. The number of aliphatic imine (C=N–C) groups is 1. The summed E-state index contributed by atoms with van der Waals surface area (Å²) >= 11 is 0. The number of nitrogens with one attached hydrogen (secondary N) is 3. The molecule has 0 unspecified atom stereocenters. The Balaban J connectivity index is 0.00000529. The Bertz CT molecular complexity index is 355.